The van der Waals surface area contributed by atoms with Gasteiger partial charge in [0.25, 0.3) is 0 Å². The molecule has 0 aromatic carbocycles. The second-order valence-corrected chi connectivity index (χ2v) is 3.67. The van der Waals surface area contributed by atoms with Crippen molar-refractivity contribution in [2.75, 3.05) is 19.8 Å². The highest BCUT2D eigenvalue weighted by atomic mass is 16.5. The van der Waals surface area contributed by atoms with Crippen LogP contribution in [0.5, 0.6) is 5.75 Å². The van der Waals surface area contributed by atoms with Crippen LogP contribution < -0.4 is 10.5 Å². The van der Waals surface area contributed by atoms with Gasteiger partial charge in [-0.15, -0.1) is 0 Å². The summed E-state index contributed by atoms with van der Waals surface area (Å²) in [5, 5.41) is 4.12. The highest BCUT2D eigenvalue weighted by Gasteiger charge is 2.16. The summed E-state index contributed by atoms with van der Waals surface area (Å²) in [6.07, 6.45) is 6.06. The van der Waals surface area contributed by atoms with Crippen LogP contribution in [-0.4, -0.2) is 35.6 Å². The summed E-state index contributed by atoms with van der Waals surface area (Å²) in [5.74, 6) is 0.791. The quantitative estimate of drug-likeness (QED) is 0.765. The Morgan fingerprint density at radius 3 is 3.33 bits per heavy atom. The third-order valence-electron chi connectivity index (χ3n) is 2.43. The van der Waals surface area contributed by atoms with Crippen molar-refractivity contribution < 1.29 is 9.47 Å². The monoisotopic (exact) mass is 211 g/mol. The predicted molar refractivity (Wildman–Crippen MR) is 55.8 cm³/mol. The first-order chi connectivity index (χ1) is 7.38. The van der Waals surface area contributed by atoms with Crippen LogP contribution in [-0.2, 0) is 11.3 Å². The van der Waals surface area contributed by atoms with Gasteiger partial charge in [-0.1, -0.05) is 0 Å². The van der Waals surface area contributed by atoms with Crippen molar-refractivity contribution in [1.29, 1.82) is 0 Å². The molecule has 1 fully saturated rings. The molecule has 1 aliphatic heterocycles. The topological polar surface area (TPSA) is 62.3 Å². The van der Waals surface area contributed by atoms with Crippen molar-refractivity contribution >= 4 is 0 Å². The van der Waals surface area contributed by atoms with Crippen LogP contribution in [0.25, 0.3) is 0 Å². The first-order valence-electron chi connectivity index (χ1n) is 5.35. The van der Waals surface area contributed by atoms with Gasteiger partial charge in [0.05, 0.1) is 25.0 Å². The van der Waals surface area contributed by atoms with E-state index < -0.39 is 0 Å². The van der Waals surface area contributed by atoms with Gasteiger partial charge in [-0.2, -0.15) is 5.10 Å². The maximum absolute atomic E-state index is 5.57. The van der Waals surface area contributed by atoms with Crippen molar-refractivity contribution in [3.63, 3.8) is 0 Å². The fraction of sp³-hybridized carbons (Fsp3) is 0.700. The molecule has 2 rings (SSSR count). The molecule has 0 bridgehead atoms. The zero-order chi connectivity index (χ0) is 10.5. The Morgan fingerprint density at radius 2 is 2.60 bits per heavy atom. The van der Waals surface area contributed by atoms with E-state index in [0.717, 1.165) is 31.7 Å². The van der Waals surface area contributed by atoms with Crippen LogP contribution in [0.1, 0.15) is 12.8 Å². The second-order valence-electron chi connectivity index (χ2n) is 3.67. The molecule has 5 heteroatoms. The van der Waals surface area contributed by atoms with E-state index in [1.807, 2.05) is 6.20 Å². The molecular formula is C10H17N3O2. The third kappa shape index (κ3) is 2.94. The van der Waals surface area contributed by atoms with Crippen molar-refractivity contribution in [2.24, 2.45) is 5.73 Å². The maximum Gasteiger partial charge on any atom is 0.157 e. The summed E-state index contributed by atoms with van der Waals surface area (Å²) >= 11 is 0. The van der Waals surface area contributed by atoms with Gasteiger partial charge in [-0.25, -0.2) is 0 Å². The molecule has 2 heterocycles. The van der Waals surface area contributed by atoms with Gasteiger partial charge >= 0.3 is 0 Å². The fourth-order valence-electron chi connectivity index (χ4n) is 1.64. The highest BCUT2D eigenvalue weighted by Crippen LogP contribution is 2.14. The highest BCUT2D eigenvalue weighted by molar-refractivity contribution is 5.11. The molecule has 0 saturated carbocycles. The van der Waals surface area contributed by atoms with Gasteiger partial charge < -0.3 is 15.2 Å². The molecule has 5 nitrogen and oxygen atoms in total. The van der Waals surface area contributed by atoms with Crippen LogP contribution in [0.2, 0.25) is 0 Å². The number of hydrogen-bond donors (Lipinski definition) is 1. The number of aromatic nitrogens is 2. The van der Waals surface area contributed by atoms with E-state index in [4.69, 9.17) is 15.2 Å². The summed E-state index contributed by atoms with van der Waals surface area (Å²) in [7, 11) is 0. The van der Waals surface area contributed by atoms with Crippen LogP contribution in [0.15, 0.2) is 12.4 Å². The molecule has 1 aliphatic rings. The first kappa shape index (κ1) is 10.4. The SMILES string of the molecule is NCCn1cc(OCC2CCCO2)cn1. The molecule has 1 unspecified atom stereocenters. The Morgan fingerprint density at radius 1 is 1.67 bits per heavy atom. The lowest BCUT2D eigenvalue weighted by Crippen LogP contribution is -2.16. The van der Waals surface area contributed by atoms with E-state index in [1.165, 1.54) is 0 Å². The lowest BCUT2D eigenvalue weighted by Gasteiger charge is -2.09. The molecule has 84 valence electrons. The van der Waals surface area contributed by atoms with Gasteiger partial charge in [-0.3, -0.25) is 4.68 Å². The summed E-state index contributed by atoms with van der Waals surface area (Å²) in [6.45, 7) is 2.80. The van der Waals surface area contributed by atoms with E-state index in [0.29, 0.717) is 13.2 Å². The summed E-state index contributed by atoms with van der Waals surface area (Å²) in [4.78, 5) is 0. The molecular weight excluding hydrogens is 194 g/mol. The molecule has 0 aliphatic carbocycles. The fourth-order valence-corrected chi connectivity index (χ4v) is 1.64. The minimum absolute atomic E-state index is 0.253. The van der Waals surface area contributed by atoms with Crippen molar-refractivity contribution in [3.8, 4) is 5.75 Å². The third-order valence-corrected chi connectivity index (χ3v) is 2.43. The zero-order valence-electron chi connectivity index (χ0n) is 8.76. The van der Waals surface area contributed by atoms with Crippen LogP contribution >= 0.6 is 0 Å². The molecule has 1 atom stereocenters. The summed E-state index contributed by atoms with van der Waals surface area (Å²) in [6, 6.07) is 0. The molecule has 1 aromatic rings. The minimum Gasteiger partial charge on any atom is -0.488 e. The molecule has 1 saturated heterocycles. The smallest absolute Gasteiger partial charge is 0.157 e. The average molecular weight is 211 g/mol. The molecule has 2 N–H and O–H groups in total. The predicted octanol–water partition coefficient (Wildman–Crippen LogP) is 0.400. The van der Waals surface area contributed by atoms with Gasteiger partial charge in [0.2, 0.25) is 0 Å². The van der Waals surface area contributed by atoms with E-state index in [-0.39, 0.29) is 6.10 Å². The zero-order valence-corrected chi connectivity index (χ0v) is 8.76. The maximum atomic E-state index is 5.57. The number of rotatable bonds is 5. The van der Waals surface area contributed by atoms with Crippen LogP contribution in [0.4, 0.5) is 0 Å². The Bertz CT molecular complexity index is 295. The number of nitrogens with zero attached hydrogens (tertiary/aromatic N) is 2. The van der Waals surface area contributed by atoms with Crippen LogP contribution in [0.3, 0.4) is 0 Å². The summed E-state index contributed by atoms with van der Waals surface area (Å²) < 4.78 is 12.8. The number of hydrogen-bond acceptors (Lipinski definition) is 4. The van der Waals surface area contributed by atoms with Crippen molar-refractivity contribution in [3.05, 3.63) is 12.4 Å². The lowest BCUT2D eigenvalue weighted by molar-refractivity contribution is 0.0679. The van der Waals surface area contributed by atoms with E-state index in [2.05, 4.69) is 5.10 Å². The van der Waals surface area contributed by atoms with E-state index in [1.54, 1.807) is 10.9 Å². The molecule has 0 spiro atoms. The molecule has 1 aromatic heterocycles. The average Bonchev–Trinajstić information content (AvgIpc) is 2.85. The van der Waals surface area contributed by atoms with Gasteiger partial charge in [0.1, 0.15) is 6.61 Å². The van der Waals surface area contributed by atoms with Crippen LogP contribution in [0, 0.1) is 0 Å². The van der Waals surface area contributed by atoms with E-state index >= 15 is 0 Å². The Balaban J connectivity index is 1.77. The second kappa shape index (κ2) is 5.14. The molecule has 0 amide bonds. The number of ether oxygens (including phenoxy) is 2. The Kier molecular flexibility index (Phi) is 3.58. The van der Waals surface area contributed by atoms with Gasteiger partial charge in [0, 0.05) is 13.2 Å². The normalized spacial score (nSPS) is 20.7. The Hall–Kier alpha value is -1.07. The molecule has 0 radical (unpaired) electrons. The number of nitrogens with two attached hydrogens (primary N) is 1. The van der Waals surface area contributed by atoms with E-state index in [9.17, 15) is 0 Å². The minimum atomic E-state index is 0.253. The van der Waals surface area contributed by atoms with Crippen molar-refractivity contribution in [2.45, 2.75) is 25.5 Å². The van der Waals surface area contributed by atoms with Gasteiger partial charge in [0.15, 0.2) is 5.75 Å². The summed E-state index contributed by atoms with van der Waals surface area (Å²) in [5.41, 5.74) is 5.42. The lowest BCUT2D eigenvalue weighted by atomic mass is 10.2. The molecule has 15 heavy (non-hydrogen) atoms. The first-order valence-corrected chi connectivity index (χ1v) is 5.35. The standard InChI is InChI=1S/C10H17N3O2/c11-3-4-13-7-10(6-12-13)15-8-9-2-1-5-14-9/h6-7,9H,1-5,8,11H2. The largest absolute Gasteiger partial charge is 0.488 e. The Labute approximate surface area is 89.2 Å². The van der Waals surface area contributed by atoms with Gasteiger partial charge in [-0.05, 0) is 12.8 Å². The van der Waals surface area contributed by atoms with Crippen molar-refractivity contribution in [1.82, 2.24) is 9.78 Å².